The molecule has 1 N–H and O–H groups in total. The molecule has 80 valence electrons. The van der Waals surface area contributed by atoms with Gasteiger partial charge in [0.2, 0.25) is 3.79 Å². The Hall–Kier alpha value is 0.140. The lowest BCUT2D eigenvalue weighted by Crippen LogP contribution is -2.01. The molecule has 15 heavy (non-hydrogen) atoms. The highest BCUT2D eigenvalue weighted by molar-refractivity contribution is 6.66. The first-order valence-corrected chi connectivity index (χ1v) is 5.69. The number of hydrogen-bond donors (Lipinski definition) is 1. The third kappa shape index (κ3) is 2.29. The number of aromatic amines is 1. The zero-order chi connectivity index (χ0) is 11.2. The van der Waals surface area contributed by atoms with Crippen LogP contribution in [0.15, 0.2) is 12.1 Å². The van der Waals surface area contributed by atoms with Crippen LogP contribution < -0.4 is 0 Å². The number of hydrogen-bond acceptors (Lipinski definition) is 1. The summed E-state index contributed by atoms with van der Waals surface area (Å²) in [5.74, 6) is 0.237. The molecular formula is C8H3Cl5N2. The van der Waals surface area contributed by atoms with Crippen molar-refractivity contribution in [2.75, 3.05) is 0 Å². The second-order valence-electron chi connectivity index (χ2n) is 2.87. The minimum absolute atomic E-state index is 0.237. The van der Waals surface area contributed by atoms with E-state index in [4.69, 9.17) is 58.0 Å². The fourth-order valence-electron chi connectivity index (χ4n) is 1.14. The van der Waals surface area contributed by atoms with Gasteiger partial charge in [-0.15, -0.1) is 0 Å². The molecule has 0 bridgehead atoms. The molecule has 0 amide bonds. The van der Waals surface area contributed by atoms with Crippen LogP contribution in [0.25, 0.3) is 11.0 Å². The number of nitrogens with one attached hydrogen (secondary N) is 1. The highest BCUT2D eigenvalue weighted by Gasteiger charge is 2.27. The Morgan fingerprint density at radius 3 is 2.27 bits per heavy atom. The van der Waals surface area contributed by atoms with Crippen LogP contribution in [0.3, 0.4) is 0 Å². The van der Waals surface area contributed by atoms with Crippen LogP contribution in [-0.4, -0.2) is 9.97 Å². The van der Waals surface area contributed by atoms with Crippen LogP contribution in [0.1, 0.15) is 5.82 Å². The molecule has 2 nitrogen and oxygen atoms in total. The van der Waals surface area contributed by atoms with E-state index in [2.05, 4.69) is 9.97 Å². The standard InChI is InChI=1S/C8H3Cl5N2/c9-3-1-5-6(2-4(3)10)15-7(14-5)8(11,12)13/h1-2H,(H,14,15). The normalized spacial score (nSPS) is 12.3. The Kier molecular flexibility index (Phi) is 2.99. The molecule has 1 aromatic carbocycles. The molecule has 2 rings (SSSR count). The maximum absolute atomic E-state index is 5.83. The van der Waals surface area contributed by atoms with Gasteiger partial charge < -0.3 is 4.98 Å². The largest absolute Gasteiger partial charge is 0.338 e. The highest BCUT2D eigenvalue weighted by atomic mass is 35.6. The second-order valence-corrected chi connectivity index (χ2v) is 5.96. The van der Waals surface area contributed by atoms with E-state index >= 15 is 0 Å². The summed E-state index contributed by atoms with van der Waals surface area (Å²) in [4.78, 5) is 6.94. The molecule has 0 saturated carbocycles. The minimum Gasteiger partial charge on any atom is -0.338 e. The van der Waals surface area contributed by atoms with E-state index in [9.17, 15) is 0 Å². The molecular weight excluding hydrogens is 301 g/mol. The van der Waals surface area contributed by atoms with Crippen molar-refractivity contribution in [1.29, 1.82) is 0 Å². The number of imidazole rings is 1. The fraction of sp³-hybridized carbons (Fsp3) is 0.125. The Morgan fingerprint density at radius 1 is 1.07 bits per heavy atom. The van der Waals surface area contributed by atoms with E-state index < -0.39 is 3.79 Å². The maximum atomic E-state index is 5.83. The molecule has 1 aromatic heterocycles. The van der Waals surface area contributed by atoms with E-state index in [0.717, 1.165) is 0 Å². The summed E-state index contributed by atoms with van der Waals surface area (Å²) in [6.45, 7) is 0. The number of alkyl halides is 3. The predicted octanol–water partition coefficient (Wildman–Crippen LogP) is 4.70. The van der Waals surface area contributed by atoms with Gasteiger partial charge in [-0.2, -0.15) is 0 Å². The average molecular weight is 304 g/mol. The Morgan fingerprint density at radius 2 is 1.67 bits per heavy atom. The number of rotatable bonds is 0. The average Bonchev–Trinajstić information content (AvgIpc) is 2.47. The molecule has 0 atom stereocenters. The molecule has 0 fully saturated rings. The van der Waals surface area contributed by atoms with Crippen molar-refractivity contribution in [3.63, 3.8) is 0 Å². The molecule has 1 heterocycles. The van der Waals surface area contributed by atoms with Gasteiger partial charge in [-0.25, -0.2) is 4.98 Å². The summed E-state index contributed by atoms with van der Waals surface area (Å²) >= 11 is 28.7. The maximum Gasteiger partial charge on any atom is 0.248 e. The molecule has 0 spiro atoms. The molecule has 0 aliphatic heterocycles. The van der Waals surface area contributed by atoms with Crippen LogP contribution in [-0.2, 0) is 3.79 Å². The van der Waals surface area contributed by atoms with Crippen molar-refractivity contribution in [3.8, 4) is 0 Å². The van der Waals surface area contributed by atoms with Crippen LogP contribution in [0.4, 0.5) is 0 Å². The monoisotopic (exact) mass is 302 g/mol. The number of aromatic nitrogens is 2. The van der Waals surface area contributed by atoms with Gasteiger partial charge in [0.1, 0.15) is 0 Å². The SMILES string of the molecule is Clc1cc2nc(C(Cl)(Cl)Cl)[nH]c2cc1Cl. The van der Waals surface area contributed by atoms with Gasteiger partial charge in [0.05, 0.1) is 21.1 Å². The predicted molar refractivity (Wildman–Crippen MR) is 65.4 cm³/mol. The summed E-state index contributed by atoms with van der Waals surface area (Å²) in [6.07, 6.45) is 0. The van der Waals surface area contributed by atoms with Gasteiger partial charge in [0.15, 0.2) is 5.82 Å². The lowest BCUT2D eigenvalue weighted by Gasteiger charge is -2.04. The van der Waals surface area contributed by atoms with Crippen LogP contribution in [0.5, 0.6) is 0 Å². The minimum atomic E-state index is -1.59. The molecule has 2 aromatic rings. The molecule has 0 aliphatic carbocycles. The molecule has 7 heteroatoms. The summed E-state index contributed by atoms with van der Waals surface area (Å²) in [7, 11) is 0. The van der Waals surface area contributed by atoms with Crippen molar-refractivity contribution >= 4 is 69.0 Å². The van der Waals surface area contributed by atoms with E-state index in [1.165, 1.54) is 0 Å². The lowest BCUT2D eigenvalue weighted by atomic mass is 10.3. The molecule has 0 unspecified atom stereocenters. The van der Waals surface area contributed by atoms with Crippen LogP contribution >= 0.6 is 58.0 Å². The van der Waals surface area contributed by atoms with Gasteiger partial charge in [-0.1, -0.05) is 58.0 Å². The van der Waals surface area contributed by atoms with E-state index in [1.54, 1.807) is 12.1 Å². The van der Waals surface area contributed by atoms with Crippen LogP contribution in [0, 0.1) is 0 Å². The molecule has 0 radical (unpaired) electrons. The zero-order valence-corrected chi connectivity index (χ0v) is 10.8. The first-order valence-electron chi connectivity index (χ1n) is 3.80. The van der Waals surface area contributed by atoms with E-state index in [1.807, 2.05) is 0 Å². The first kappa shape index (κ1) is 11.6. The van der Waals surface area contributed by atoms with E-state index in [-0.39, 0.29) is 5.82 Å². The van der Waals surface area contributed by atoms with Crippen molar-refractivity contribution in [2.45, 2.75) is 3.79 Å². The number of fused-ring (bicyclic) bond motifs is 1. The second kappa shape index (κ2) is 3.86. The van der Waals surface area contributed by atoms with E-state index in [0.29, 0.717) is 21.1 Å². The topological polar surface area (TPSA) is 28.7 Å². The molecule has 0 aliphatic rings. The summed E-state index contributed by atoms with van der Waals surface area (Å²) in [5, 5.41) is 0.829. The fourth-order valence-corrected chi connectivity index (χ4v) is 1.73. The Bertz CT molecular complexity index is 474. The number of benzene rings is 1. The Labute approximate surface area is 110 Å². The van der Waals surface area contributed by atoms with Gasteiger partial charge in [0.25, 0.3) is 0 Å². The van der Waals surface area contributed by atoms with Crippen molar-refractivity contribution < 1.29 is 0 Å². The third-order valence-electron chi connectivity index (χ3n) is 1.79. The molecule has 0 saturated heterocycles. The van der Waals surface area contributed by atoms with Gasteiger partial charge in [0, 0.05) is 0 Å². The number of nitrogens with zero attached hydrogens (tertiary/aromatic N) is 1. The summed E-state index contributed by atoms with van der Waals surface area (Å²) in [5.41, 5.74) is 1.27. The van der Waals surface area contributed by atoms with Crippen molar-refractivity contribution in [1.82, 2.24) is 9.97 Å². The zero-order valence-electron chi connectivity index (χ0n) is 6.99. The summed E-state index contributed by atoms with van der Waals surface area (Å²) in [6, 6.07) is 3.24. The number of halogens is 5. The summed E-state index contributed by atoms with van der Waals surface area (Å²) < 4.78 is -1.59. The first-order chi connectivity index (χ1) is 6.88. The van der Waals surface area contributed by atoms with Crippen molar-refractivity contribution in [3.05, 3.63) is 28.0 Å². The Balaban J connectivity index is 2.66. The number of H-pyrrole nitrogens is 1. The van der Waals surface area contributed by atoms with Gasteiger partial charge >= 0.3 is 0 Å². The third-order valence-corrected chi connectivity index (χ3v) is 3.05. The quantitative estimate of drug-likeness (QED) is 0.702. The smallest absolute Gasteiger partial charge is 0.248 e. The highest BCUT2D eigenvalue weighted by Crippen LogP contribution is 2.38. The van der Waals surface area contributed by atoms with Crippen LogP contribution in [0.2, 0.25) is 10.0 Å². The van der Waals surface area contributed by atoms with Crippen molar-refractivity contribution in [2.24, 2.45) is 0 Å². The van der Waals surface area contributed by atoms with Gasteiger partial charge in [-0.3, -0.25) is 0 Å². The van der Waals surface area contributed by atoms with Gasteiger partial charge in [-0.05, 0) is 12.1 Å². The lowest BCUT2D eigenvalue weighted by molar-refractivity contribution is 1.05.